The summed E-state index contributed by atoms with van der Waals surface area (Å²) >= 11 is 6.03. The van der Waals surface area contributed by atoms with Crippen LogP contribution in [-0.2, 0) is 14.8 Å². The highest BCUT2D eigenvalue weighted by molar-refractivity contribution is 7.92. The third-order valence-electron chi connectivity index (χ3n) is 4.23. The fraction of sp³-hybridized carbons (Fsp3) is 0.350. The molecule has 0 fully saturated rings. The molecule has 0 heterocycles. The molecule has 0 aromatic heterocycles. The lowest BCUT2D eigenvalue weighted by Gasteiger charge is -2.29. The number of anilines is 1. The summed E-state index contributed by atoms with van der Waals surface area (Å²) in [6.07, 6.45) is 1.06. The van der Waals surface area contributed by atoms with Crippen LogP contribution in [0, 0.1) is 6.92 Å². The van der Waals surface area contributed by atoms with Crippen LogP contribution in [0.3, 0.4) is 0 Å². The third-order valence-corrected chi connectivity index (χ3v) is 5.69. The van der Waals surface area contributed by atoms with Crippen molar-refractivity contribution in [2.45, 2.75) is 19.9 Å². The highest BCUT2D eigenvalue weighted by Gasteiger charge is 2.30. The summed E-state index contributed by atoms with van der Waals surface area (Å²) in [5.41, 5.74) is 1.06. The molecule has 0 aliphatic heterocycles. The lowest BCUT2D eigenvalue weighted by molar-refractivity contribution is -0.121. The summed E-state index contributed by atoms with van der Waals surface area (Å²) in [6.45, 7) is 3.69. The molecule has 1 amide bonds. The molecule has 2 aromatic carbocycles. The smallest absolute Gasteiger partial charge is 0.243 e. The van der Waals surface area contributed by atoms with E-state index in [1.54, 1.807) is 38.3 Å². The molecule has 0 aliphatic carbocycles. The van der Waals surface area contributed by atoms with Crippen molar-refractivity contribution in [2.24, 2.45) is 0 Å². The zero-order valence-corrected chi connectivity index (χ0v) is 18.4. The summed E-state index contributed by atoms with van der Waals surface area (Å²) in [5.74, 6) is 0.704. The summed E-state index contributed by atoms with van der Waals surface area (Å²) in [4.78, 5) is 12.6. The van der Waals surface area contributed by atoms with Crippen molar-refractivity contribution in [1.29, 1.82) is 0 Å². The monoisotopic (exact) mass is 440 g/mol. The number of para-hydroxylation sites is 2. The van der Waals surface area contributed by atoms with Crippen LogP contribution in [0.25, 0.3) is 0 Å². The van der Waals surface area contributed by atoms with Crippen LogP contribution in [0.1, 0.15) is 12.5 Å². The molecule has 0 bridgehead atoms. The number of hydrogen-bond acceptors (Lipinski definition) is 5. The number of methoxy groups -OCH3 is 1. The topological polar surface area (TPSA) is 84.9 Å². The number of halogens is 1. The minimum atomic E-state index is -3.72. The SMILES string of the molecule is COc1ccccc1OCCNC(=O)[C@H](C)N(c1cc(Cl)ccc1C)S(C)(=O)=O. The predicted molar refractivity (Wildman–Crippen MR) is 114 cm³/mol. The summed E-state index contributed by atoms with van der Waals surface area (Å²) in [6, 6.07) is 11.1. The first-order valence-electron chi connectivity index (χ1n) is 8.94. The number of benzene rings is 2. The van der Waals surface area contributed by atoms with Gasteiger partial charge in [0.1, 0.15) is 12.6 Å². The lowest BCUT2D eigenvalue weighted by atomic mass is 10.2. The highest BCUT2D eigenvalue weighted by atomic mass is 35.5. The number of nitrogens with one attached hydrogen (secondary N) is 1. The average Bonchev–Trinajstić information content (AvgIpc) is 2.67. The van der Waals surface area contributed by atoms with E-state index in [0.717, 1.165) is 10.6 Å². The maximum absolute atomic E-state index is 12.6. The molecule has 1 N–H and O–H groups in total. The highest BCUT2D eigenvalue weighted by Crippen LogP contribution is 2.28. The van der Waals surface area contributed by atoms with Crippen LogP contribution in [0.15, 0.2) is 42.5 Å². The molecular formula is C20H25ClN2O5S. The van der Waals surface area contributed by atoms with E-state index < -0.39 is 22.0 Å². The maximum atomic E-state index is 12.6. The molecule has 2 aromatic rings. The molecule has 2 rings (SSSR count). The first-order chi connectivity index (χ1) is 13.6. The van der Waals surface area contributed by atoms with Gasteiger partial charge in [0.05, 0.1) is 25.6 Å². The Kier molecular flexibility index (Phi) is 7.75. The van der Waals surface area contributed by atoms with Gasteiger partial charge in [0, 0.05) is 5.02 Å². The van der Waals surface area contributed by atoms with Crippen LogP contribution in [0.4, 0.5) is 5.69 Å². The van der Waals surface area contributed by atoms with E-state index >= 15 is 0 Å². The molecule has 1 atom stereocenters. The summed E-state index contributed by atoms with van der Waals surface area (Å²) in [5, 5.41) is 3.09. The summed E-state index contributed by atoms with van der Waals surface area (Å²) in [7, 11) is -2.17. The first kappa shape index (κ1) is 22.8. The van der Waals surface area contributed by atoms with Crippen molar-refractivity contribution >= 4 is 33.2 Å². The number of carbonyl (C=O) groups excluding carboxylic acids is 1. The van der Waals surface area contributed by atoms with Crippen molar-refractivity contribution in [2.75, 3.05) is 30.8 Å². The molecule has 0 unspecified atom stereocenters. The first-order valence-corrected chi connectivity index (χ1v) is 11.2. The van der Waals surface area contributed by atoms with E-state index in [9.17, 15) is 13.2 Å². The number of amides is 1. The Hall–Kier alpha value is -2.45. The Morgan fingerprint density at radius 2 is 1.86 bits per heavy atom. The van der Waals surface area contributed by atoms with Gasteiger partial charge in [-0.2, -0.15) is 0 Å². The van der Waals surface area contributed by atoms with Gasteiger partial charge in [-0.05, 0) is 43.7 Å². The third kappa shape index (κ3) is 6.01. The van der Waals surface area contributed by atoms with Crippen LogP contribution in [-0.4, -0.2) is 46.9 Å². The van der Waals surface area contributed by atoms with Gasteiger partial charge >= 0.3 is 0 Å². The van der Waals surface area contributed by atoms with Crippen molar-refractivity contribution in [3.05, 3.63) is 53.1 Å². The Balaban J connectivity index is 2.05. The second-order valence-electron chi connectivity index (χ2n) is 6.46. The van der Waals surface area contributed by atoms with E-state index in [0.29, 0.717) is 27.8 Å². The zero-order valence-electron chi connectivity index (χ0n) is 16.8. The van der Waals surface area contributed by atoms with Crippen molar-refractivity contribution in [3.8, 4) is 11.5 Å². The van der Waals surface area contributed by atoms with Gasteiger partial charge in [0.25, 0.3) is 0 Å². The fourth-order valence-electron chi connectivity index (χ4n) is 2.82. The Morgan fingerprint density at radius 1 is 1.21 bits per heavy atom. The van der Waals surface area contributed by atoms with Crippen LogP contribution < -0.4 is 19.1 Å². The number of aryl methyl sites for hydroxylation is 1. The van der Waals surface area contributed by atoms with Crippen molar-refractivity contribution < 1.29 is 22.7 Å². The number of carbonyl (C=O) groups is 1. The lowest BCUT2D eigenvalue weighted by Crippen LogP contribution is -2.48. The predicted octanol–water partition coefficient (Wildman–Crippen LogP) is 3.01. The van der Waals surface area contributed by atoms with Gasteiger partial charge in [-0.25, -0.2) is 8.42 Å². The Morgan fingerprint density at radius 3 is 2.48 bits per heavy atom. The molecule has 7 nitrogen and oxygen atoms in total. The minimum Gasteiger partial charge on any atom is -0.493 e. The molecule has 29 heavy (non-hydrogen) atoms. The second kappa shape index (κ2) is 9.84. The van der Waals surface area contributed by atoms with Crippen molar-refractivity contribution in [1.82, 2.24) is 5.32 Å². The Labute approximate surface area is 176 Å². The van der Waals surface area contributed by atoms with Crippen LogP contribution in [0.5, 0.6) is 11.5 Å². The summed E-state index contributed by atoms with van der Waals surface area (Å²) < 4.78 is 36.7. The number of ether oxygens (including phenoxy) is 2. The van der Waals surface area contributed by atoms with E-state index in [-0.39, 0.29) is 13.2 Å². The average molecular weight is 441 g/mol. The number of nitrogens with zero attached hydrogens (tertiary/aromatic N) is 1. The molecule has 0 radical (unpaired) electrons. The zero-order chi connectivity index (χ0) is 21.6. The quantitative estimate of drug-likeness (QED) is 0.606. The van der Waals surface area contributed by atoms with Gasteiger partial charge < -0.3 is 14.8 Å². The van der Waals surface area contributed by atoms with E-state index in [1.807, 2.05) is 12.1 Å². The normalized spacial score (nSPS) is 12.2. The largest absolute Gasteiger partial charge is 0.493 e. The number of hydrogen-bond donors (Lipinski definition) is 1. The molecule has 0 saturated heterocycles. The minimum absolute atomic E-state index is 0.202. The number of sulfonamides is 1. The molecule has 0 spiro atoms. The molecule has 0 aliphatic rings. The Bertz CT molecular complexity index is 965. The molecule has 0 saturated carbocycles. The van der Waals surface area contributed by atoms with E-state index in [1.165, 1.54) is 13.0 Å². The fourth-order valence-corrected chi connectivity index (χ4v) is 4.21. The van der Waals surface area contributed by atoms with Gasteiger partial charge in [-0.3, -0.25) is 9.10 Å². The van der Waals surface area contributed by atoms with Crippen LogP contribution in [0.2, 0.25) is 5.02 Å². The molecule has 9 heteroatoms. The van der Waals surface area contributed by atoms with Gasteiger partial charge in [-0.1, -0.05) is 29.8 Å². The second-order valence-corrected chi connectivity index (χ2v) is 8.75. The van der Waals surface area contributed by atoms with E-state index in [2.05, 4.69) is 5.32 Å². The van der Waals surface area contributed by atoms with E-state index in [4.69, 9.17) is 21.1 Å². The van der Waals surface area contributed by atoms with Crippen LogP contribution >= 0.6 is 11.6 Å². The molecule has 158 valence electrons. The van der Waals surface area contributed by atoms with Gasteiger partial charge in [0.2, 0.25) is 15.9 Å². The van der Waals surface area contributed by atoms with Gasteiger partial charge in [0.15, 0.2) is 11.5 Å². The standard InChI is InChI=1S/C20H25ClN2O5S/c1-14-9-10-16(21)13-17(14)23(29(4,25)26)15(2)20(24)22-11-12-28-19-8-6-5-7-18(19)27-3/h5-10,13,15H,11-12H2,1-4H3,(H,22,24)/t15-/m0/s1. The molecular weight excluding hydrogens is 416 g/mol. The van der Waals surface area contributed by atoms with Crippen molar-refractivity contribution in [3.63, 3.8) is 0 Å². The van der Waals surface area contributed by atoms with Gasteiger partial charge in [-0.15, -0.1) is 0 Å². The maximum Gasteiger partial charge on any atom is 0.243 e. The number of rotatable bonds is 9.